The van der Waals surface area contributed by atoms with Gasteiger partial charge in [0.05, 0.1) is 12.7 Å². The number of rotatable bonds is 5. The summed E-state index contributed by atoms with van der Waals surface area (Å²) in [5.41, 5.74) is 0. The number of amides is 1. The zero-order valence-corrected chi connectivity index (χ0v) is 10.7. The zero-order valence-electron chi connectivity index (χ0n) is 10.7. The monoisotopic (exact) mass is 249 g/mol. The molecule has 5 heteroatoms. The van der Waals surface area contributed by atoms with E-state index >= 15 is 0 Å². The van der Waals surface area contributed by atoms with Crippen LogP contribution in [0.4, 0.5) is 0 Å². The van der Waals surface area contributed by atoms with Gasteiger partial charge in [-0.1, -0.05) is 13.3 Å². The molecule has 1 fully saturated rings. The molecule has 1 aromatic rings. The topological polar surface area (TPSA) is 55.3 Å². The second kappa shape index (κ2) is 6.33. The van der Waals surface area contributed by atoms with Gasteiger partial charge in [0.25, 0.3) is 0 Å². The van der Waals surface area contributed by atoms with Crippen molar-refractivity contribution in [1.29, 1.82) is 0 Å². The summed E-state index contributed by atoms with van der Waals surface area (Å²) in [6, 6.07) is 0. The Balaban J connectivity index is 1.80. The van der Waals surface area contributed by atoms with Crippen LogP contribution in [0.5, 0.6) is 5.88 Å². The van der Waals surface area contributed by atoms with Crippen molar-refractivity contribution in [2.75, 3.05) is 13.1 Å². The first kappa shape index (κ1) is 12.8. The van der Waals surface area contributed by atoms with E-state index in [2.05, 4.69) is 16.9 Å². The third-order valence-corrected chi connectivity index (χ3v) is 3.07. The van der Waals surface area contributed by atoms with E-state index in [4.69, 9.17) is 4.74 Å². The number of ether oxygens (including phenoxy) is 1. The Hall–Kier alpha value is -1.65. The Bertz CT molecular complexity index is 383. The van der Waals surface area contributed by atoms with E-state index in [1.54, 1.807) is 18.6 Å². The average Bonchev–Trinajstić information content (AvgIpc) is 2.86. The molecular weight excluding hydrogens is 230 g/mol. The summed E-state index contributed by atoms with van der Waals surface area (Å²) in [4.78, 5) is 21.8. The molecule has 1 amide bonds. The van der Waals surface area contributed by atoms with Crippen molar-refractivity contribution >= 4 is 5.91 Å². The number of aromatic nitrogens is 2. The number of hydrogen-bond acceptors (Lipinski definition) is 4. The Kier molecular flexibility index (Phi) is 4.50. The van der Waals surface area contributed by atoms with Gasteiger partial charge < -0.3 is 9.64 Å². The van der Waals surface area contributed by atoms with Crippen LogP contribution >= 0.6 is 0 Å². The fraction of sp³-hybridized carbons (Fsp3) is 0.615. The molecule has 98 valence electrons. The number of carbonyl (C=O) groups is 1. The molecule has 1 aliphatic rings. The molecule has 1 aliphatic heterocycles. The minimum atomic E-state index is 0.0484. The van der Waals surface area contributed by atoms with Gasteiger partial charge in [-0.3, -0.25) is 9.78 Å². The van der Waals surface area contributed by atoms with Crippen molar-refractivity contribution in [3.8, 4) is 5.88 Å². The highest BCUT2D eigenvalue weighted by molar-refractivity contribution is 5.76. The molecule has 2 heterocycles. The number of likely N-dealkylation sites (tertiary alicyclic amines) is 1. The molecule has 18 heavy (non-hydrogen) atoms. The molecule has 0 N–H and O–H groups in total. The maximum absolute atomic E-state index is 11.8. The summed E-state index contributed by atoms with van der Waals surface area (Å²) in [5, 5.41) is 0. The van der Waals surface area contributed by atoms with Crippen molar-refractivity contribution in [3.63, 3.8) is 0 Å². The molecule has 1 atom stereocenters. The van der Waals surface area contributed by atoms with Gasteiger partial charge in [-0.15, -0.1) is 0 Å². The zero-order chi connectivity index (χ0) is 12.8. The lowest BCUT2D eigenvalue weighted by molar-refractivity contribution is -0.130. The second-order valence-electron chi connectivity index (χ2n) is 4.52. The summed E-state index contributed by atoms with van der Waals surface area (Å²) in [7, 11) is 0. The van der Waals surface area contributed by atoms with Gasteiger partial charge >= 0.3 is 0 Å². The van der Waals surface area contributed by atoms with E-state index in [9.17, 15) is 4.79 Å². The summed E-state index contributed by atoms with van der Waals surface area (Å²) >= 11 is 0. The summed E-state index contributed by atoms with van der Waals surface area (Å²) in [5.74, 6) is 0.771. The largest absolute Gasteiger partial charge is 0.471 e. The number of nitrogens with zero attached hydrogens (tertiary/aromatic N) is 3. The smallest absolute Gasteiger partial charge is 0.232 e. The normalized spacial score (nSPS) is 18.9. The highest BCUT2D eigenvalue weighted by atomic mass is 16.5. The number of carbonyl (C=O) groups excluding carboxylic acids is 1. The van der Waals surface area contributed by atoms with Gasteiger partial charge in [-0.2, -0.15) is 0 Å². The fourth-order valence-electron chi connectivity index (χ4n) is 2.05. The van der Waals surface area contributed by atoms with Crippen molar-refractivity contribution in [2.45, 2.75) is 38.7 Å². The second-order valence-corrected chi connectivity index (χ2v) is 4.52. The molecule has 0 saturated carbocycles. The highest BCUT2D eigenvalue weighted by Crippen LogP contribution is 2.16. The van der Waals surface area contributed by atoms with Crippen LogP contribution in [0.15, 0.2) is 18.6 Å². The molecule has 5 nitrogen and oxygen atoms in total. The molecule has 1 unspecified atom stereocenters. The minimum absolute atomic E-state index is 0.0484. The van der Waals surface area contributed by atoms with Crippen molar-refractivity contribution in [1.82, 2.24) is 14.9 Å². The van der Waals surface area contributed by atoms with E-state index in [0.717, 1.165) is 25.8 Å². The van der Waals surface area contributed by atoms with E-state index < -0.39 is 0 Å². The van der Waals surface area contributed by atoms with Gasteiger partial charge in [0.15, 0.2) is 0 Å². The lowest BCUT2D eigenvalue weighted by Gasteiger charge is -2.16. The first-order chi connectivity index (χ1) is 8.79. The van der Waals surface area contributed by atoms with Crippen LogP contribution in [0.25, 0.3) is 0 Å². The predicted molar refractivity (Wildman–Crippen MR) is 67.2 cm³/mol. The molecule has 1 saturated heterocycles. The summed E-state index contributed by atoms with van der Waals surface area (Å²) < 4.78 is 5.69. The van der Waals surface area contributed by atoms with Crippen LogP contribution < -0.4 is 4.74 Å². The third-order valence-electron chi connectivity index (χ3n) is 3.07. The number of unbranched alkanes of at least 4 members (excludes halogenated alkanes) is 1. The molecule has 0 aliphatic carbocycles. The van der Waals surface area contributed by atoms with Crippen LogP contribution in [0.2, 0.25) is 0 Å². The Morgan fingerprint density at radius 2 is 2.44 bits per heavy atom. The fourth-order valence-corrected chi connectivity index (χ4v) is 2.05. The van der Waals surface area contributed by atoms with E-state index in [1.165, 1.54) is 0 Å². The van der Waals surface area contributed by atoms with Crippen LogP contribution in [-0.4, -0.2) is 40.0 Å². The van der Waals surface area contributed by atoms with E-state index in [-0.39, 0.29) is 12.0 Å². The first-order valence-corrected chi connectivity index (χ1v) is 6.50. The van der Waals surface area contributed by atoms with E-state index in [0.29, 0.717) is 18.8 Å². The standard InChI is InChI=1S/C13H19N3O2/c1-2-3-4-13(17)16-8-5-11(10-16)18-12-9-14-6-7-15-12/h6-7,9,11H,2-5,8,10H2,1H3. The lowest BCUT2D eigenvalue weighted by Crippen LogP contribution is -2.30. The summed E-state index contributed by atoms with van der Waals surface area (Å²) in [6.45, 7) is 3.55. The van der Waals surface area contributed by atoms with Crippen molar-refractivity contribution in [2.24, 2.45) is 0 Å². The number of hydrogen-bond donors (Lipinski definition) is 0. The first-order valence-electron chi connectivity index (χ1n) is 6.50. The Morgan fingerprint density at radius 1 is 1.56 bits per heavy atom. The van der Waals surface area contributed by atoms with Gasteiger partial charge in [-0.25, -0.2) is 4.98 Å². The molecule has 0 aromatic carbocycles. The van der Waals surface area contributed by atoms with Crippen LogP contribution in [-0.2, 0) is 4.79 Å². The van der Waals surface area contributed by atoms with Crippen LogP contribution in [0.3, 0.4) is 0 Å². The van der Waals surface area contributed by atoms with Crippen molar-refractivity contribution in [3.05, 3.63) is 18.6 Å². The van der Waals surface area contributed by atoms with Gasteiger partial charge in [0.2, 0.25) is 11.8 Å². The third kappa shape index (κ3) is 3.42. The molecule has 0 spiro atoms. The van der Waals surface area contributed by atoms with Gasteiger partial charge in [-0.05, 0) is 6.42 Å². The quantitative estimate of drug-likeness (QED) is 0.796. The SMILES string of the molecule is CCCCC(=O)N1CCC(Oc2cnccn2)C1. The predicted octanol–water partition coefficient (Wildman–Crippen LogP) is 1.65. The summed E-state index contributed by atoms with van der Waals surface area (Å²) in [6.07, 6.45) is 8.40. The molecular formula is C13H19N3O2. The lowest BCUT2D eigenvalue weighted by atomic mass is 10.2. The van der Waals surface area contributed by atoms with Crippen molar-refractivity contribution < 1.29 is 9.53 Å². The maximum Gasteiger partial charge on any atom is 0.232 e. The maximum atomic E-state index is 11.8. The van der Waals surface area contributed by atoms with Gasteiger partial charge in [0.1, 0.15) is 6.10 Å². The Morgan fingerprint density at radius 3 is 3.17 bits per heavy atom. The Labute approximate surface area is 107 Å². The van der Waals surface area contributed by atoms with Crippen LogP contribution in [0, 0.1) is 0 Å². The molecule has 1 aromatic heterocycles. The molecule has 0 bridgehead atoms. The van der Waals surface area contributed by atoms with E-state index in [1.807, 2.05) is 4.90 Å². The minimum Gasteiger partial charge on any atom is -0.471 e. The highest BCUT2D eigenvalue weighted by Gasteiger charge is 2.27. The van der Waals surface area contributed by atoms with Crippen LogP contribution in [0.1, 0.15) is 32.6 Å². The molecule has 2 rings (SSSR count). The molecule has 0 radical (unpaired) electrons. The average molecular weight is 249 g/mol. The van der Waals surface area contributed by atoms with Gasteiger partial charge in [0, 0.05) is 31.8 Å².